The van der Waals surface area contributed by atoms with Gasteiger partial charge in [0, 0.05) is 18.2 Å². The lowest BCUT2D eigenvalue weighted by Gasteiger charge is -2.27. The lowest BCUT2D eigenvalue weighted by atomic mass is 9.82. The van der Waals surface area contributed by atoms with Crippen molar-refractivity contribution in [1.29, 1.82) is 0 Å². The summed E-state index contributed by atoms with van der Waals surface area (Å²) < 4.78 is 10.7. The van der Waals surface area contributed by atoms with Gasteiger partial charge in [0.1, 0.15) is 12.4 Å². The van der Waals surface area contributed by atoms with Gasteiger partial charge in [-0.1, -0.05) is 74.3 Å². The van der Waals surface area contributed by atoms with Gasteiger partial charge in [-0.3, -0.25) is 0 Å². The summed E-state index contributed by atoms with van der Waals surface area (Å²) >= 11 is 12.7. The first-order chi connectivity index (χ1) is 12.7. The van der Waals surface area contributed by atoms with Crippen molar-refractivity contribution in [2.75, 3.05) is 13.7 Å². The minimum absolute atomic E-state index is 0.224. The Kier molecular flexibility index (Phi) is 7.40. The van der Waals surface area contributed by atoms with Crippen LogP contribution in [0.3, 0.4) is 0 Å². The second kappa shape index (κ2) is 9.34. The van der Waals surface area contributed by atoms with Gasteiger partial charge in [0.25, 0.3) is 0 Å². The monoisotopic (exact) mass is 409 g/mol. The van der Waals surface area contributed by atoms with Crippen molar-refractivity contribution in [3.63, 3.8) is 0 Å². The number of hydrogen-bond donors (Lipinski definition) is 1. The third-order valence-electron chi connectivity index (χ3n) is 4.11. The van der Waals surface area contributed by atoms with Crippen LogP contribution in [0.15, 0.2) is 36.4 Å². The summed E-state index contributed by atoms with van der Waals surface area (Å²) in [4.78, 5) is 12.0. The molecule has 0 saturated carbocycles. The van der Waals surface area contributed by atoms with E-state index in [1.807, 2.05) is 30.3 Å². The standard InChI is InChI=1S/C21H25Cl2NO3/c1-21(2,3)18-15(17(26-4)12-16(22)19(18)23)10-11-24-20(25)27-13-14-8-6-5-7-9-14/h5-9,12H,10-11,13H2,1-4H3,(H,24,25). The maximum atomic E-state index is 12.0. The molecule has 146 valence electrons. The van der Waals surface area contributed by atoms with Crippen LogP contribution in [0.1, 0.15) is 37.5 Å². The molecule has 6 heteroatoms. The van der Waals surface area contributed by atoms with E-state index < -0.39 is 6.09 Å². The zero-order valence-corrected chi connectivity index (χ0v) is 17.6. The number of carbonyl (C=O) groups is 1. The van der Waals surface area contributed by atoms with E-state index in [-0.39, 0.29) is 12.0 Å². The Bertz CT molecular complexity index is 786. The van der Waals surface area contributed by atoms with E-state index in [1.165, 1.54) is 0 Å². The first-order valence-electron chi connectivity index (χ1n) is 8.74. The second-order valence-electron chi connectivity index (χ2n) is 7.22. The summed E-state index contributed by atoms with van der Waals surface area (Å²) in [6.45, 7) is 6.82. The van der Waals surface area contributed by atoms with Gasteiger partial charge >= 0.3 is 6.09 Å². The smallest absolute Gasteiger partial charge is 0.407 e. The number of nitrogens with one attached hydrogen (secondary N) is 1. The highest BCUT2D eigenvalue weighted by Crippen LogP contribution is 2.41. The molecule has 0 saturated heterocycles. The predicted octanol–water partition coefficient (Wildman–Crippen LogP) is 5.77. The Labute approximate surface area is 170 Å². The number of amides is 1. The van der Waals surface area contributed by atoms with Crippen molar-refractivity contribution in [3.05, 3.63) is 63.1 Å². The molecule has 0 radical (unpaired) electrons. The van der Waals surface area contributed by atoms with E-state index in [4.69, 9.17) is 32.7 Å². The van der Waals surface area contributed by atoms with Gasteiger partial charge < -0.3 is 14.8 Å². The molecule has 0 unspecified atom stereocenters. The lowest BCUT2D eigenvalue weighted by Crippen LogP contribution is -2.27. The number of hydrogen-bond acceptors (Lipinski definition) is 3. The second-order valence-corrected chi connectivity index (χ2v) is 8.00. The molecule has 0 bridgehead atoms. The van der Waals surface area contributed by atoms with Crippen LogP contribution in [-0.2, 0) is 23.2 Å². The fraction of sp³-hybridized carbons (Fsp3) is 0.381. The number of methoxy groups -OCH3 is 1. The zero-order chi connectivity index (χ0) is 20.0. The molecule has 0 aliphatic rings. The number of alkyl carbamates (subject to hydrolysis) is 1. The maximum Gasteiger partial charge on any atom is 0.407 e. The highest BCUT2D eigenvalue weighted by Gasteiger charge is 2.26. The van der Waals surface area contributed by atoms with Gasteiger partial charge in [-0.05, 0) is 23.0 Å². The quantitative estimate of drug-likeness (QED) is 0.658. The first kappa shape index (κ1) is 21.4. The Balaban J connectivity index is 2.04. The van der Waals surface area contributed by atoms with E-state index in [2.05, 4.69) is 26.1 Å². The van der Waals surface area contributed by atoms with E-state index >= 15 is 0 Å². The topological polar surface area (TPSA) is 47.6 Å². The van der Waals surface area contributed by atoms with Gasteiger partial charge in [-0.25, -0.2) is 4.79 Å². The number of rotatable bonds is 6. The number of benzene rings is 2. The summed E-state index contributed by atoms with van der Waals surface area (Å²) in [6.07, 6.45) is 0.0859. The molecule has 0 atom stereocenters. The maximum absolute atomic E-state index is 12.0. The Hall–Kier alpha value is -1.91. The highest BCUT2D eigenvalue weighted by molar-refractivity contribution is 6.42. The van der Waals surface area contributed by atoms with Crippen LogP contribution in [0, 0.1) is 0 Å². The van der Waals surface area contributed by atoms with Gasteiger partial charge in [0.2, 0.25) is 0 Å². The normalized spacial score (nSPS) is 11.2. The van der Waals surface area contributed by atoms with Gasteiger partial charge in [0.15, 0.2) is 0 Å². The molecular weight excluding hydrogens is 385 g/mol. The molecule has 2 rings (SSSR count). The van der Waals surface area contributed by atoms with Crippen LogP contribution < -0.4 is 10.1 Å². The third-order valence-corrected chi connectivity index (χ3v) is 4.90. The third kappa shape index (κ3) is 5.78. The van der Waals surface area contributed by atoms with Gasteiger partial charge in [-0.15, -0.1) is 0 Å². The largest absolute Gasteiger partial charge is 0.496 e. The molecule has 0 aromatic heterocycles. The summed E-state index contributed by atoms with van der Waals surface area (Å²) in [7, 11) is 1.59. The number of carbonyl (C=O) groups excluding carboxylic acids is 1. The lowest BCUT2D eigenvalue weighted by molar-refractivity contribution is 0.140. The van der Waals surface area contributed by atoms with Crippen LogP contribution in [0.5, 0.6) is 5.75 Å². The molecule has 4 nitrogen and oxygen atoms in total. The zero-order valence-electron chi connectivity index (χ0n) is 16.1. The SMILES string of the molecule is COc1cc(Cl)c(Cl)c(C(C)(C)C)c1CCNC(=O)OCc1ccccc1. The first-order valence-corrected chi connectivity index (χ1v) is 9.49. The van der Waals surface area contributed by atoms with Crippen LogP contribution in [0.4, 0.5) is 4.79 Å². The minimum Gasteiger partial charge on any atom is -0.496 e. The van der Waals surface area contributed by atoms with Crippen molar-refractivity contribution in [2.45, 2.75) is 39.2 Å². The van der Waals surface area contributed by atoms with Gasteiger partial charge in [-0.2, -0.15) is 0 Å². The average molecular weight is 410 g/mol. The number of halogens is 2. The fourth-order valence-corrected chi connectivity index (χ4v) is 3.56. The molecule has 0 aliphatic heterocycles. The Morgan fingerprint density at radius 1 is 1.15 bits per heavy atom. The van der Waals surface area contributed by atoms with E-state index in [0.29, 0.717) is 28.8 Å². The van der Waals surface area contributed by atoms with Crippen LogP contribution in [0.2, 0.25) is 10.0 Å². The highest BCUT2D eigenvalue weighted by atomic mass is 35.5. The molecule has 0 heterocycles. The minimum atomic E-state index is -0.463. The van der Waals surface area contributed by atoms with Crippen molar-refractivity contribution >= 4 is 29.3 Å². The molecule has 1 amide bonds. The summed E-state index contributed by atoms with van der Waals surface area (Å²) in [6, 6.07) is 11.2. The Morgan fingerprint density at radius 3 is 2.41 bits per heavy atom. The van der Waals surface area contributed by atoms with E-state index in [1.54, 1.807) is 13.2 Å². The van der Waals surface area contributed by atoms with Crippen LogP contribution in [-0.4, -0.2) is 19.7 Å². The molecule has 27 heavy (non-hydrogen) atoms. The summed E-state index contributed by atoms with van der Waals surface area (Å²) in [5.74, 6) is 0.661. The Morgan fingerprint density at radius 2 is 1.81 bits per heavy atom. The molecule has 0 fully saturated rings. The average Bonchev–Trinajstić information content (AvgIpc) is 2.62. The molecule has 2 aromatic rings. The van der Waals surface area contributed by atoms with Crippen LogP contribution >= 0.6 is 23.2 Å². The molecule has 0 aliphatic carbocycles. The van der Waals surface area contributed by atoms with Crippen molar-refractivity contribution in [2.24, 2.45) is 0 Å². The van der Waals surface area contributed by atoms with E-state index in [9.17, 15) is 4.79 Å². The molecular formula is C21H25Cl2NO3. The van der Waals surface area contributed by atoms with Crippen molar-refractivity contribution in [3.8, 4) is 5.75 Å². The summed E-state index contributed by atoms with van der Waals surface area (Å²) in [5.41, 5.74) is 2.57. The molecule has 1 N–H and O–H groups in total. The predicted molar refractivity (Wildman–Crippen MR) is 110 cm³/mol. The van der Waals surface area contributed by atoms with E-state index in [0.717, 1.165) is 16.7 Å². The molecule has 0 spiro atoms. The number of ether oxygens (including phenoxy) is 2. The summed E-state index contributed by atoms with van der Waals surface area (Å²) in [5, 5.41) is 3.75. The van der Waals surface area contributed by atoms with Crippen LogP contribution in [0.25, 0.3) is 0 Å². The van der Waals surface area contributed by atoms with Crippen molar-refractivity contribution < 1.29 is 14.3 Å². The fourth-order valence-electron chi connectivity index (χ4n) is 2.92. The van der Waals surface area contributed by atoms with Crippen molar-refractivity contribution in [1.82, 2.24) is 5.32 Å². The van der Waals surface area contributed by atoms with Gasteiger partial charge in [0.05, 0.1) is 17.2 Å². The molecule has 2 aromatic carbocycles.